The summed E-state index contributed by atoms with van der Waals surface area (Å²) in [5, 5.41) is 1.01. The van der Waals surface area contributed by atoms with Crippen LogP contribution in [0.25, 0.3) is 11.0 Å². The van der Waals surface area contributed by atoms with Gasteiger partial charge in [0.2, 0.25) is 6.33 Å². The molecule has 0 bridgehead atoms. The Balaban J connectivity index is 2.10. The van der Waals surface area contributed by atoms with Crippen LogP contribution in [0, 0.1) is 0 Å². The van der Waals surface area contributed by atoms with Crippen LogP contribution >= 0.6 is 15.9 Å². The van der Waals surface area contributed by atoms with Crippen LogP contribution in [0.15, 0.2) is 30.6 Å². The smallest absolute Gasteiger partial charge is 0.229 e. The first-order valence-electron chi connectivity index (χ1n) is 6.45. The quantitative estimate of drug-likeness (QED) is 0.606. The average Bonchev–Trinajstić information content (AvgIpc) is 2.97. The van der Waals surface area contributed by atoms with Crippen molar-refractivity contribution in [2.75, 3.05) is 5.33 Å². The van der Waals surface area contributed by atoms with Crippen molar-refractivity contribution in [1.29, 1.82) is 0 Å². The Morgan fingerprint density at radius 1 is 1.24 bits per heavy atom. The molecule has 0 amide bonds. The van der Waals surface area contributed by atoms with Gasteiger partial charge in [-0.3, -0.25) is 0 Å². The minimum Gasteiger partial charge on any atom is -0.229 e. The van der Waals surface area contributed by atoms with Gasteiger partial charge in [-0.2, -0.15) is 0 Å². The lowest BCUT2D eigenvalue weighted by molar-refractivity contribution is -0.667. The number of rotatable bonds is 3. The summed E-state index contributed by atoms with van der Waals surface area (Å²) in [5.74, 6) is 0. The van der Waals surface area contributed by atoms with Crippen LogP contribution < -0.4 is 4.57 Å². The minimum absolute atomic E-state index is 0.719. The molecular formula is C14H18BrN2+. The fraction of sp³-hybridized carbons (Fsp3) is 0.500. The molecule has 1 heterocycles. The van der Waals surface area contributed by atoms with Crippen molar-refractivity contribution in [2.45, 2.75) is 38.3 Å². The van der Waals surface area contributed by atoms with Crippen molar-refractivity contribution < 1.29 is 4.57 Å². The number of hydrogen-bond acceptors (Lipinski definition) is 0. The number of nitrogens with zero attached hydrogens (tertiary/aromatic N) is 2. The fourth-order valence-corrected chi connectivity index (χ4v) is 3.32. The fourth-order valence-electron chi connectivity index (χ4n) is 2.94. The third-order valence-corrected chi connectivity index (χ3v) is 4.13. The molecule has 1 saturated carbocycles. The van der Waals surface area contributed by atoms with Crippen molar-refractivity contribution in [3.8, 4) is 0 Å². The van der Waals surface area contributed by atoms with E-state index in [2.05, 4.69) is 55.7 Å². The predicted molar refractivity (Wildman–Crippen MR) is 73.4 cm³/mol. The highest BCUT2D eigenvalue weighted by Gasteiger charge is 2.25. The highest BCUT2D eigenvalue weighted by molar-refractivity contribution is 9.09. The molecule has 1 aromatic carbocycles. The van der Waals surface area contributed by atoms with Crippen LogP contribution in [0.2, 0.25) is 0 Å². The predicted octanol–water partition coefficient (Wildman–Crippen LogP) is 3.44. The molecule has 0 aliphatic heterocycles. The zero-order valence-electron chi connectivity index (χ0n) is 9.98. The van der Waals surface area contributed by atoms with Crippen LogP contribution in [-0.4, -0.2) is 9.90 Å². The average molecular weight is 294 g/mol. The van der Waals surface area contributed by atoms with Crippen molar-refractivity contribution >= 4 is 27.0 Å². The first kappa shape index (κ1) is 11.3. The molecule has 0 atom stereocenters. The normalized spacial score (nSPS) is 17.0. The largest absolute Gasteiger partial charge is 0.244 e. The molecule has 1 aliphatic rings. The molecule has 1 aliphatic carbocycles. The molecule has 2 aromatic rings. The highest BCUT2D eigenvalue weighted by atomic mass is 79.9. The first-order chi connectivity index (χ1) is 8.40. The zero-order chi connectivity index (χ0) is 11.7. The Morgan fingerprint density at radius 2 is 2.00 bits per heavy atom. The molecule has 1 aromatic heterocycles. The number of halogens is 1. The molecule has 2 nitrogen and oxygen atoms in total. The van der Waals surface area contributed by atoms with Crippen molar-refractivity contribution in [3.05, 3.63) is 30.6 Å². The van der Waals surface area contributed by atoms with Gasteiger partial charge in [-0.05, 0) is 37.8 Å². The van der Waals surface area contributed by atoms with Gasteiger partial charge < -0.3 is 0 Å². The van der Waals surface area contributed by atoms with E-state index in [1.807, 2.05) is 0 Å². The minimum atomic E-state index is 0.719. The molecule has 0 N–H and O–H groups in total. The second-order valence-electron chi connectivity index (χ2n) is 4.83. The number of aromatic nitrogens is 2. The van der Waals surface area contributed by atoms with Gasteiger partial charge in [-0.25, -0.2) is 9.13 Å². The molecule has 90 valence electrons. The third-order valence-electron chi connectivity index (χ3n) is 3.78. The van der Waals surface area contributed by atoms with Gasteiger partial charge >= 0.3 is 0 Å². The van der Waals surface area contributed by atoms with E-state index < -0.39 is 0 Å². The molecule has 0 unspecified atom stereocenters. The Hall–Kier alpha value is -0.830. The Labute approximate surface area is 110 Å². The maximum absolute atomic E-state index is 3.53. The van der Waals surface area contributed by atoms with Crippen molar-refractivity contribution in [1.82, 2.24) is 4.57 Å². The van der Waals surface area contributed by atoms with Gasteiger partial charge in [0.25, 0.3) is 0 Å². The van der Waals surface area contributed by atoms with Gasteiger partial charge in [0.1, 0.15) is 12.6 Å². The zero-order valence-corrected chi connectivity index (χ0v) is 11.6. The first-order valence-corrected chi connectivity index (χ1v) is 7.57. The van der Waals surface area contributed by atoms with Crippen molar-refractivity contribution in [3.63, 3.8) is 0 Å². The van der Waals surface area contributed by atoms with Gasteiger partial charge in [0.05, 0.1) is 0 Å². The van der Waals surface area contributed by atoms with Gasteiger partial charge in [-0.15, -0.1) is 0 Å². The van der Waals surface area contributed by atoms with Crippen LogP contribution in [0.4, 0.5) is 0 Å². The number of hydrogen-bond donors (Lipinski definition) is 0. The van der Waals surface area contributed by atoms with Crippen LogP contribution in [0.3, 0.4) is 0 Å². The lowest BCUT2D eigenvalue weighted by Crippen LogP contribution is -2.33. The van der Waals surface area contributed by atoms with E-state index in [4.69, 9.17) is 0 Å². The van der Waals surface area contributed by atoms with Gasteiger partial charge in [0, 0.05) is 5.33 Å². The Bertz CT molecular complexity index is 512. The molecule has 3 heteroatoms. The molecule has 0 spiro atoms. The molecular weight excluding hydrogens is 276 g/mol. The summed E-state index contributed by atoms with van der Waals surface area (Å²) >= 11 is 3.53. The molecule has 1 fully saturated rings. The van der Waals surface area contributed by atoms with Crippen LogP contribution in [0.1, 0.15) is 31.7 Å². The number of para-hydroxylation sites is 2. The summed E-state index contributed by atoms with van der Waals surface area (Å²) in [6, 6.07) is 9.47. The lowest BCUT2D eigenvalue weighted by Gasteiger charge is -2.04. The third kappa shape index (κ3) is 2.01. The van der Waals surface area contributed by atoms with Gasteiger partial charge in [-0.1, -0.05) is 28.1 Å². The number of benzene rings is 1. The summed E-state index contributed by atoms with van der Waals surface area (Å²) in [5.41, 5.74) is 2.75. The van der Waals surface area contributed by atoms with Crippen molar-refractivity contribution in [2.24, 2.45) is 0 Å². The van der Waals surface area contributed by atoms with E-state index in [0.717, 1.165) is 17.9 Å². The number of alkyl halides is 1. The molecule has 0 radical (unpaired) electrons. The summed E-state index contributed by atoms with van der Waals surface area (Å²) in [6.07, 6.45) is 7.76. The summed E-state index contributed by atoms with van der Waals surface area (Å²) in [7, 11) is 0. The van der Waals surface area contributed by atoms with Crippen LogP contribution in [0.5, 0.6) is 0 Å². The highest BCUT2D eigenvalue weighted by Crippen LogP contribution is 2.31. The summed E-state index contributed by atoms with van der Waals surface area (Å²) in [6.45, 7) is 1.04. The SMILES string of the molecule is BrCC[n+]1cn(C2CCCC2)c2ccccc21. The van der Waals surface area contributed by atoms with E-state index >= 15 is 0 Å². The lowest BCUT2D eigenvalue weighted by atomic mass is 10.2. The van der Waals surface area contributed by atoms with E-state index in [-0.39, 0.29) is 0 Å². The van der Waals surface area contributed by atoms with Gasteiger partial charge in [0.15, 0.2) is 11.0 Å². The van der Waals surface area contributed by atoms with Crippen LogP contribution in [-0.2, 0) is 6.54 Å². The maximum atomic E-state index is 3.53. The standard InChI is InChI=1S/C14H18BrN2/c15-9-10-16-11-17(12-5-1-2-6-12)14-8-4-3-7-13(14)16/h3-4,7-8,11-12H,1-2,5-6,9-10H2/q+1. The topological polar surface area (TPSA) is 8.81 Å². The monoisotopic (exact) mass is 293 g/mol. The van der Waals surface area contributed by atoms with E-state index in [9.17, 15) is 0 Å². The van der Waals surface area contributed by atoms with E-state index in [0.29, 0.717) is 0 Å². The van der Waals surface area contributed by atoms with E-state index in [1.54, 1.807) is 0 Å². The summed E-state index contributed by atoms with van der Waals surface area (Å²) in [4.78, 5) is 0. The van der Waals surface area contributed by atoms with E-state index in [1.165, 1.54) is 36.7 Å². The Kier molecular flexibility index (Phi) is 3.19. The number of imidazole rings is 1. The second kappa shape index (κ2) is 4.81. The maximum Gasteiger partial charge on any atom is 0.244 e. The molecule has 17 heavy (non-hydrogen) atoms. The number of fused-ring (bicyclic) bond motifs is 1. The second-order valence-corrected chi connectivity index (χ2v) is 5.63. The molecule has 0 saturated heterocycles. The molecule has 3 rings (SSSR count). The summed E-state index contributed by atoms with van der Waals surface area (Å²) < 4.78 is 4.85. The Morgan fingerprint density at radius 3 is 2.76 bits per heavy atom. The number of aryl methyl sites for hydroxylation is 1.